The Kier molecular flexibility index (Phi) is 7.48. The molecule has 146 valence electrons. The zero-order valence-corrected chi connectivity index (χ0v) is 15.3. The monoisotopic (exact) mass is 376 g/mol. The number of imide groups is 1. The van der Waals surface area contributed by atoms with Crippen molar-refractivity contribution in [2.24, 2.45) is 0 Å². The van der Waals surface area contributed by atoms with Gasteiger partial charge in [0, 0.05) is 26.1 Å². The van der Waals surface area contributed by atoms with Gasteiger partial charge in [0.25, 0.3) is 11.8 Å². The van der Waals surface area contributed by atoms with Gasteiger partial charge in [-0.05, 0) is 25.5 Å². The summed E-state index contributed by atoms with van der Waals surface area (Å²) in [6, 6.07) is 6.62. The average molecular weight is 376 g/mol. The normalized spacial score (nSPS) is 12.9. The number of aliphatic hydroxyl groups excluding tert-OH is 1. The fourth-order valence-electron chi connectivity index (χ4n) is 2.93. The third-order valence-corrected chi connectivity index (χ3v) is 4.26. The van der Waals surface area contributed by atoms with Crippen molar-refractivity contribution in [3.05, 3.63) is 35.4 Å². The van der Waals surface area contributed by atoms with E-state index in [0.29, 0.717) is 17.5 Å². The molecule has 27 heavy (non-hydrogen) atoms. The molecular formula is C19H24N2O6. The van der Waals surface area contributed by atoms with Gasteiger partial charge in [-0.3, -0.25) is 24.1 Å². The van der Waals surface area contributed by atoms with Crippen molar-refractivity contribution in [1.82, 2.24) is 9.80 Å². The molecule has 1 aliphatic rings. The van der Waals surface area contributed by atoms with Crippen LogP contribution in [-0.2, 0) is 14.3 Å². The van der Waals surface area contributed by atoms with Crippen LogP contribution in [0.2, 0.25) is 0 Å². The molecule has 0 atom stereocenters. The average Bonchev–Trinajstić information content (AvgIpc) is 2.90. The molecule has 1 heterocycles. The van der Waals surface area contributed by atoms with E-state index in [1.807, 2.05) is 0 Å². The molecule has 0 fully saturated rings. The highest BCUT2D eigenvalue weighted by Gasteiger charge is 2.34. The Balaban J connectivity index is 1.84. The van der Waals surface area contributed by atoms with Crippen LogP contribution >= 0.6 is 0 Å². The number of carbonyl (C=O) groups is 4. The number of hydrogen-bond donors (Lipinski definition) is 1. The van der Waals surface area contributed by atoms with Gasteiger partial charge >= 0.3 is 5.97 Å². The quantitative estimate of drug-likeness (QED) is 0.479. The second-order valence-electron chi connectivity index (χ2n) is 6.07. The maximum absolute atomic E-state index is 12.3. The van der Waals surface area contributed by atoms with Crippen LogP contribution in [0.3, 0.4) is 0 Å². The predicted molar refractivity (Wildman–Crippen MR) is 96.0 cm³/mol. The van der Waals surface area contributed by atoms with E-state index in [-0.39, 0.29) is 63.4 Å². The Bertz CT molecular complexity index is 683. The van der Waals surface area contributed by atoms with Crippen LogP contribution in [-0.4, -0.2) is 71.4 Å². The first-order valence-electron chi connectivity index (χ1n) is 8.99. The topological polar surface area (TPSA) is 104 Å². The Labute approximate surface area is 157 Å². The summed E-state index contributed by atoms with van der Waals surface area (Å²) in [6.07, 6.45) is 0.472. The van der Waals surface area contributed by atoms with E-state index >= 15 is 0 Å². The van der Waals surface area contributed by atoms with Gasteiger partial charge < -0.3 is 14.7 Å². The number of aliphatic hydroxyl groups is 1. The molecule has 1 aliphatic heterocycles. The first-order chi connectivity index (χ1) is 13.0. The van der Waals surface area contributed by atoms with Crippen molar-refractivity contribution in [2.45, 2.75) is 26.2 Å². The first kappa shape index (κ1) is 20.6. The molecule has 0 bridgehead atoms. The molecule has 0 aromatic heterocycles. The number of nitrogens with zero attached hydrogens (tertiary/aromatic N) is 2. The summed E-state index contributed by atoms with van der Waals surface area (Å²) in [7, 11) is 0. The third kappa shape index (κ3) is 5.13. The number of fused-ring (bicyclic) bond motifs is 1. The minimum Gasteiger partial charge on any atom is -0.466 e. The van der Waals surface area contributed by atoms with Crippen LogP contribution < -0.4 is 0 Å². The SMILES string of the molecule is CCOC(=O)CCN(CCO)C(=O)CCCN1C(=O)c2ccccc2C1=O. The molecule has 1 aromatic carbocycles. The van der Waals surface area contributed by atoms with Crippen LogP contribution in [0, 0.1) is 0 Å². The molecule has 8 heteroatoms. The lowest BCUT2D eigenvalue weighted by Crippen LogP contribution is -2.36. The maximum atomic E-state index is 12.3. The summed E-state index contributed by atoms with van der Waals surface area (Å²) < 4.78 is 4.83. The molecule has 2 rings (SSSR count). The Morgan fingerprint density at radius 3 is 2.26 bits per heavy atom. The summed E-state index contributed by atoms with van der Waals surface area (Å²) in [5.74, 6) is -1.35. The number of hydrogen-bond acceptors (Lipinski definition) is 6. The minimum absolute atomic E-state index is 0.0536. The molecule has 0 aliphatic carbocycles. The lowest BCUT2D eigenvalue weighted by atomic mass is 10.1. The van der Waals surface area contributed by atoms with Gasteiger partial charge in [0.1, 0.15) is 0 Å². The number of amides is 3. The second-order valence-corrected chi connectivity index (χ2v) is 6.07. The largest absolute Gasteiger partial charge is 0.466 e. The summed E-state index contributed by atoms with van der Waals surface area (Å²) in [6.45, 7) is 2.17. The molecule has 8 nitrogen and oxygen atoms in total. The molecule has 0 saturated carbocycles. The molecule has 0 saturated heterocycles. The zero-order chi connectivity index (χ0) is 19.8. The van der Waals surface area contributed by atoms with Crippen molar-refractivity contribution in [1.29, 1.82) is 0 Å². The summed E-state index contributed by atoms with van der Waals surface area (Å²) in [5, 5.41) is 9.11. The van der Waals surface area contributed by atoms with E-state index in [4.69, 9.17) is 9.84 Å². The molecular weight excluding hydrogens is 352 g/mol. The number of rotatable bonds is 10. The molecule has 0 radical (unpaired) electrons. The highest BCUT2D eigenvalue weighted by atomic mass is 16.5. The van der Waals surface area contributed by atoms with Crippen molar-refractivity contribution >= 4 is 23.7 Å². The molecule has 1 N–H and O–H groups in total. The molecule has 1 aromatic rings. The Morgan fingerprint density at radius 2 is 1.70 bits per heavy atom. The van der Waals surface area contributed by atoms with Crippen LogP contribution in [0.1, 0.15) is 46.9 Å². The first-order valence-corrected chi connectivity index (χ1v) is 8.99. The van der Waals surface area contributed by atoms with E-state index in [0.717, 1.165) is 4.90 Å². The van der Waals surface area contributed by atoms with Gasteiger partial charge in [0.15, 0.2) is 0 Å². The van der Waals surface area contributed by atoms with E-state index < -0.39 is 5.97 Å². The third-order valence-electron chi connectivity index (χ3n) is 4.26. The van der Waals surface area contributed by atoms with Gasteiger partial charge in [-0.1, -0.05) is 12.1 Å². The Hall–Kier alpha value is -2.74. The lowest BCUT2D eigenvalue weighted by molar-refractivity contribution is -0.144. The standard InChI is InChI=1S/C19H24N2O6/c1-2-27-17(24)9-11-20(12-13-22)16(23)8-5-10-21-18(25)14-6-3-4-7-15(14)19(21)26/h3-4,6-7,22H,2,5,8-13H2,1H3. The second kappa shape index (κ2) is 9.82. The van der Waals surface area contributed by atoms with Gasteiger partial charge in [-0.15, -0.1) is 0 Å². The van der Waals surface area contributed by atoms with Crippen LogP contribution in [0.25, 0.3) is 0 Å². The van der Waals surface area contributed by atoms with Crippen LogP contribution in [0.15, 0.2) is 24.3 Å². The lowest BCUT2D eigenvalue weighted by Gasteiger charge is -2.22. The number of ether oxygens (including phenoxy) is 1. The molecule has 0 spiro atoms. The summed E-state index contributed by atoms with van der Waals surface area (Å²) in [4.78, 5) is 50.9. The molecule has 3 amide bonds. The predicted octanol–water partition coefficient (Wildman–Crippen LogP) is 0.837. The van der Waals surface area contributed by atoms with Crippen LogP contribution in [0.4, 0.5) is 0 Å². The fraction of sp³-hybridized carbons (Fsp3) is 0.474. The zero-order valence-electron chi connectivity index (χ0n) is 15.3. The number of carbonyl (C=O) groups excluding carboxylic acids is 4. The fourth-order valence-corrected chi connectivity index (χ4v) is 2.93. The molecule has 0 unspecified atom stereocenters. The van der Waals surface area contributed by atoms with Gasteiger partial charge in [-0.2, -0.15) is 0 Å². The van der Waals surface area contributed by atoms with Gasteiger partial charge in [0.2, 0.25) is 5.91 Å². The minimum atomic E-state index is -0.403. The van der Waals surface area contributed by atoms with Gasteiger partial charge in [-0.25, -0.2) is 0 Å². The van der Waals surface area contributed by atoms with Crippen molar-refractivity contribution < 1.29 is 29.0 Å². The van der Waals surface area contributed by atoms with Gasteiger partial charge in [0.05, 0.1) is 30.8 Å². The maximum Gasteiger partial charge on any atom is 0.307 e. The van der Waals surface area contributed by atoms with E-state index in [1.54, 1.807) is 31.2 Å². The van der Waals surface area contributed by atoms with E-state index in [9.17, 15) is 19.2 Å². The van der Waals surface area contributed by atoms with E-state index in [1.165, 1.54) is 4.90 Å². The van der Waals surface area contributed by atoms with E-state index in [2.05, 4.69) is 0 Å². The number of esters is 1. The summed E-state index contributed by atoms with van der Waals surface area (Å²) in [5.41, 5.74) is 0.760. The Morgan fingerprint density at radius 1 is 1.07 bits per heavy atom. The summed E-state index contributed by atoms with van der Waals surface area (Å²) >= 11 is 0. The number of benzene rings is 1. The highest BCUT2D eigenvalue weighted by Crippen LogP contribution is 2.22. The van der Waals surface area contributed by atoms with Crippen molar-refractivity contribution in [3.8, 4) is 0 Å². The smallest absolute Gasteiger partial charge is 0.307 e. The van der Waals surface area contributed by atoms with Crippen molar-refractivity contribution in [3.63, 3.8) is 0 Å². The highest BCUT2D eigenvalue weighted by molar-refractivity contribution is 6.21. The van der Waals surface area contributed by atoms with Crippen LogP contribution in [0.5, 0.6) is 0 Å². The van der Waals surface area contributed by atoms with Crippen molar-refractivity contribution in [2.75, 3.05) is 32.8 Å².